The molecule has 0 aliphatic carbocycles. The van der Waals surface area contributed by atoms with Gasteiger partial charge in [-0.05, 0) is 32.0 Å². The van der Waals surface area contributed by atoms with E-state index in [0.717, 1.165) is 17.9 Å². The van der Waals surface area contributed by atoms with Crippen molar-refractivity contribution in [3.63, 3.8) is 0 Å². The van der Waals surface area contributed by atoms with Gasteiger partial charge in [0.15, 0.2) is 0 Å². The number of aryl methyl sites for hydroxylation is 2. The number of nitrogens with one attached hydrogen (secondary N) is 1. The molecule has 1 heterocycles. The third-order valence-corrected chi connectivity index (χ3v) is 3.13. The molecule has 0 bridgehead atoms. The summed E-state index contributed by atoms with van der Waals surface area (Å²) in [5, 5.41) is 8.26. The van der Waals surface area contributed by atoms with Gasteiger partial charge in [0.25, 0.3) is 0 Å². The minimum absolute atomic E-state index is 0.612. The molecular weight excluding hydrogens is 262 g/mol. The van der Waals surface area contributed by atoms with Crippen molar-refractivity contribution >= 4 is 17.3 Å². The van der Waals surface area contributed by atoms with Crippen LogP contribution in [0.15, 0.2) is 24.4 Å². The van der Waals surface area contributed by atoms with Crippen molar-refractivity contribution in [1.29, 1.82) is 0 Å². The molecule has 5 heteroatoms. The predicted octanol–water partition coefficient (Wildman–Crippen LogP) is 3.39. The zero-order valence-corrected chi connectivity index (χ0v) is 12.2. The van der Waals surface area contributed by atoms with Gasteiger partial charge in [-0.3, -0.25) is 4.68 Å². The van der Waals surface area contributed by atoms with Crippen LogP contribution in [0.2, 0.25) is 5.02 Å². The molecule has 4 nitrogen and oxygen atoms in total. The number of halogens is 1. The highest BCUT2D eigenvalue weighted by atomic mass is 35.5. The number of rotatable bonds is 5. The highest BCUT2D eigenvalue weighted by molar-refractivity contribution is 6.32. The molecule has 2 aromatic rings. The Morgan fingerprint density at radius 3 is 2.79 bits per heavy atom. The standard InChI is InChI=1S/C14H18ClN3O/c1-4-19-14-6-5-12(7-13(14)15)16-8-11-9-18(3)17-10(11)2/h5-7,9,16H,4,8H2,1-3H3. The fourth-order valence-electron chi connectivity index (χ4n) is 1.90. The zero-order valence-electron chi connectivity index (χ0n) is 11.4. The molecule has 0 aliphatic rings. The maximum atomic E-state index is 6.14. The first kappa shape index (κ1) is 13.7. The predicted molar refractivity (Wildman–Crippen MR) is 77.9 cm³/mol. The summed E-state index contributed by atoms with van der Waals surface area (Å²) in [5.41, 5.74) is 3.18. The third-order valence-electron chi connectivity index (χ3n) is 2.83. The lowest BCUT2D eigenvalue weighted by Gasteiger charge is -2.09. The van der Waals surface area contributed by atoms with Gasteiger partial charge in [-0.25, -0.2) is 0 Å². The first-order chi connectivity index (χ1) is 9.10. The minimum atomic E-state index is 0.612. The van der Waals surface area contributed by atoms with E-state index in [1.54, 1.807) is 0 Å². The van der Waals surface area contributed by atoms with E-state index >= 15 is 0 Å². The largest absolute Gasteiger partial charge is 0.492 e. The maximum Gasteiger partial charge on any atom is 0.138 e. The van der Waals surface area contributed by atoms with E-state index in [1.165, 1.54) is 5.56 Å². The topological polar surface area (TPSA) is 39.1 Å². The van der Waals surface area contributed by atoms with Crippen molar-refractivity contribution in [3.8, 4) is 5.75 Å². The van der Waals surface area contributed by atoms with Crippen LogP contribution in [0.25, 0.3) is 0 Å². The van der Waals surface area contributed by atoms with Crippen molar-refractivity contribution in [3.05, 3.63) is 40.7 Å². The van der Waals surface area contributed by atoms with E-state index in [9.17, 15) is 0 Å². The molecule has 1 aromatic carbocycles. The summed E-state index contributed by atoms with van der Waals surface area (Å²) in [6.07, 6.45) is 2.01. The second-order valence-electron chi connectivity index (χ2n) is 4.35. The molecule has 0 spiro atoms. The molecule has 2 rings (SSSR count). The number of hydrogen-bond acceptors (Lipinski definition) is 3. The van der Waals surface area contributed by atoms with Gasteiger partial charge in [0, 0.05) is 31.0 Å². The van der Waals surface area contributed by atoms with E-state index in [0.29, 0.717) is 17.4 Å². The number of anilines is 1. The van der Waals surface area contributed by atoms with E-state index < -0.39 is 0 Å². The zero-order chi connectivity index (χ0) is 13.8. The molecule has 0 saturated heterocycles. The molecule has 0 saturated carbocycles. The Balaban J connectivity index is 2.04. The Labute approximate surface area is 118 Å². The van der Waals surface area contributed by atoms with Crippen LogP contribution in [0.5, 0.6) is 5.75 Å². The van der Waals surface area contributed by atoms with E-state index in [2.05, 4.69) is 10.4 Å². The van der Waals surface area contributed by atoms with Crippen LogP contribution in [0.3, 0.4) is 0 Å². The molecule has 0 amide bonds. The Kier molecular flexibility index (Phi) is 4.32. The highest BCUT2D eigenvalue weighted by Crippen LogP contribution is 2.27. The lowest BCUT2D eigenvalue weighted by molar-refractivity contribution is 0.340. The fraction of sp³-hybridized carbons (Fsp3) is 0.357. The van der Waals surface area contributed by atoms with Crippen LogP contribution in [0, 0.1) is 6.92 Å². The first-order valence-electron chi connectivity index (χ1n) is 6.25. The fourth-order valence-corrected chi connectivity index (χ4v) is 2.14. The lowest BCUT2D eigenvalue weighted by atomic mass is 10.2. The smallest absolute Gasteiger partial charge is 0.138 e. The second kappa shape index (κ2) is 5.97. The van der Waals surface area contributed by atoms with Crippen molar-refractivity contribution in [2.24, 2.45) is 7.05 Å². The maximum absolute atomic E-state index is 6.14. The van der Waals surface area contributed by atoms with Gasteiger partial charge in [-0.2, -0.15) is 5.10 Å². The van der Waals surface area contributed by atoms with Crippen LogP contribution in [-0.2, 0) is 13.6 Å². The Morgan fingerprint density at radius 1 is 1.42 bits per heavy atom. The molecule has 0 fully saturated rings. The Morgan fingerprint density at radius 2 is 2.21 bits per heavy atom. The average Bonchev–Trinajstić information content (AvgIpc) is 2.68. The number of hydrogen-bond donors (Lipinski definition) is 1. The first-order valence-corrected chi connectivity index (χ1v) is 6.63. The van der Waals surface area contributed by atoms with E-state index in [4.69, 9.17) is 16.3 Å². The van der Waals surface area contributed by atoms with Gasteiger partial charge in [-0.1, -0.05) is 11.6 Å². The van der Waals surface area contributed by atoms with Crippen LogP contribution in [0.1, 0.15) is 18.2 Å². The van der Waals surface area contributed by atoms with Crippen molar-refractivity contribution < 1.29 is 4.74 Å². The molecule has 19 heavy (non-hydrogen) atoms. The summed E-state index contributed by atoms with van der Waals surface area (Å²) in [5.74, 6) is 0.715. The molecule has 0 atom stereocenters. The van der Waals surface area contributed by atoms with Crippen LogP contribution in [-0.4, -0.2) is 16.4 Å². The number of nitrogens with zero attached hydrogens (tertiary/aromatic N) is 2. The number of aromatic nitrogens is 2. The van der Waals surface area contributed by atoms with Crippen molar-refractivity contribution in [2.45, 2.75) is 20.4 Å². The van der Waals surface area contributed by atoms with Gasteiger partial charge in [0.1, 0.15) is 5.75 Å². The van der Waals surface area contributed by atoms with Gasteiger partial charge >= 0.3 is 0 Å². The van der Waals surface area contributed by atoms with Gasteiger partial charge in [0.05, 0.1) is 17.3 Å². The van der Waals surface area contributed by atoms with Gasteiger partial charge in [-0.15, -0.1) is 0 Å². The van der Waals surface area contributed by atoms with E-state index in [-0.39, 0.29) is 0 Å². The highest BCUT2D eigenvalue weighted by Gasteiger charge is 2.05. The summed E-state index contributed by atoms with van der Waals surface area (Å²) in [7, 11) is 1.92. The molecular formula is C14H18ClN3O. The molecule has 1 aromatic heterocycles. The van der Waals surface area contributed by atoms with Crippen molar-refractivity contribution in [1.82, 2.24) is 9.78 Å². The Hall–Kier alpha value is -1.68. The van der Waals surface area contributed by atoms with Crippen LogP contribution in [0.4, 0.5) is 5.69 Å². The second-order valence-corrected chi connectivity index (χ2v) is 4.75. The summed E-state index contributed by atoms with van der Waals surface area (Å²) < 4.78 is 7.22. The minimum Gasteiger partial charge on any atom is -0.492 e. The van der Waals surface area contributed by atoms with Crippen molar-refractivity contribution in [2.75, 3.05) is 11.9 Å². The monoisotopic (exact) mass is 279 g/mol. The van der Waals surface area contributed by atoms with Gasteiger partial charge < -0.3 is 10.1 Å². The lowest BCUT2D eigenvalue weighted by Crippen LogP contribution is -2.00. The Bertz CT molecular complexity index is 566. The number of ether oxygens (including phenoxy) is 1. The third kappa shape index (κ3) is 3.41. The molecule has 102 valence electrons. The van der Waals surface area contributed by atoms with E-state index in [1.807, 2.05) is 50.0 Å². The average molecular weight is 280 g/mol. The SMILES string of the molecule is CCOc1ccc(NCc2cn(C)nc2C)cc1Cl. The van der Waals surface area contributed by atoms with Gasteiger partial charge in [0.2, 0.25) is 0 Å². The molecule has 0 radical (unpaired) electrons. The summed E-state index contributed by atoms with van der Waals surface area (Å²) in [6, 6.07) is 5.71. The normalized spacial score (nSPS) is 10.5. The molecule has 0 unspecified atom stereocenters. The summed E-state index contributed by atoms with van der Waals surface area (Å²) in [6.45, 7) is 5.28. The molecule has 0 aliphatic heterocycles. The molecule has 1 N–H and O–H groups in total. The van der Waals surface area contributed by atoms with Crippen LogP contribution >= 0.6 is 11.6 Å². The quantitative estimate of drug-likeness (QED) is 0.912. The van der Waals surface area contributed by atoms with Crippen LogP contribution < -0.4 is 10.1 Å². The number of benzene rings is 1. The summed E-state index contributed by atoms with van der Waals surface area (Å²) in [4.78, 5) is 0. The summed E-state index contributed by atoms with van der Waals surface area (Å²) >= 11 is 6.14.